The Hall–Kier alpha value is -4.01. The first kappa shape index (κ1) is 31.9. The van der Waals surface area contributed by atoms with Crippen LogP contribution in [0.1, 0.15) is 57.3 Å². The van der Waals surface area contributed by atoms with Gasteiger partial charge in [-0.1, -0.05) is 30.2 Å². The standard InChI is InChI=1S/C29H38N6O7S/c1-19(2)35(42-43(7,38)39)15-14-23(18-35)40-22-12-13-24(30-17-22)27(36)31-20-8-10-21(11-9-20)34(6)28(37)32-26-16-25(41-33-26)29(3,4)5/h8-13,16-17,19,23H,14-15,18H2,1-7H3,(H-,31,32,33,36,37)/p+1. The molecular weight excluding hydrogens is 576 g/mol. The minimum absolute atomic E-state index is 0.0312. The van der Waals surface area contributed by atoms with Crippen molar-refractivity contribution >= 4 is 39.2 Å². The predicted molar refractivity (Wildman–Crippen MR) is 161 cm³/mol. The van der Waals surface area contributed by atoms with Crippen LogP contribution in [0.4, 0.5) is 22.0 Å². The van der Waals surface area contributed by atoms with E-state index in [-0.39, 0.29) is 27.9 Å². The molecule has 0 spiro atoms. The van der Waals surface area contributed by atoms with Crippen LogP contribution in [0.5, 0.6) is 5.75 Å². The number of hydroxylamine groups is 3. The summed E-state index contributed by atoms with van der Waals surface area (Å²) < 4.78 is 40.3. The molecule has 43 heavy (non-hydrogen) atoms. The number of anilines is 3. The fourth-order valence-corrected chi connectivity index (χ4v) is 5.46. The van der Waals surface area contributed by atoms with E-state index in [2.05, 4.69) is 20.8 Å². The van der Waals surface area contributed by atoms with Crippen LogP contribution in [0.2, 0.25) is 0 Å². The number of amides is 3. The number of nitrogens with zero attached hydrogens (tertiary/aromatic N) is 4. The Bertz CT molecular complexity index is 1550. The van der Waals surface area contributed by atoms with Crippen molar-refractivity contribution in [3.63, 3.8) is 0 Å². The molecule has 2 aromatic heterocycles. The van der Waals surface area contributed by atoms with Gasteiger partial charge >= 0.3 is 16.1 Å². The summed E-state index contributed by atoms with van der Waals surface area (Å²) >= 11 is 0. The highest BCUT2D eigenvalue weighted by Crippen LogP contribution is 2.29. The van der Waals surface area contributed by atoms with E-state index in [4.69, 9.17) is 13.5 Å². The Morgan fingerprint density at radius 2 is 1.81 bits per heavy atom. The quantitative estimate of drug-likeness (QED) is 0.330. The average Bonchev–Trinajstić information content (AvgIpc) is 3.56. The summed E-state index contributed by atoms with van der Waals surface area (Å²) in [6, 6.07) is 11.2. The topological polar surface area (TPSA) is 153 Å². The molecule has 0 radical (unpaired) electrons. The summed E-state index contributed by atoms with van der Waals surface area (Å²) in [6.45, 7) is 10.7. The van der Waals surface area contributed by atoms with E-state index < -0.39 is 22.1 Å². The number of quaternary nitrogens is 1. The maximum absolute atomic E-state index is 12.8. The minimum Gasteiger partial charge on any atom is -0.483 e. The van der Waals surface area contributed by atoms with Crippen molar-refractivity contribution in [1.29, 1.82) is 0 Å². The first-order valence-corrected chi connectivity index (χ1v) is 15.7. The second kappa shape index (κ2) is 12.3. The molecule has 0 bridgehead atoms. The number of rotatable bonds is 9. The van der Waals surface area contributed by atoms with E-state index in [9.17, 15) is 18.0 Å². The highest BCUT2D eigenvalue weighted by molar-refractivity contribution is 7.85. The van der Waals surface area contributed by atoms with Crippen LogP contribution in [0.25, 0.3) is 0 Å². The lowest BCUT2D eigenvalue weighted by Crippen LogP contribution is -2.53. The lowest BCUT2D eigenvalue weighted by molar-refractivity contribution is -1.09. The van der Waals surface area contributed by atoms with Crippen molar-refractivity contribution in [2.24, 2.45) is 0 Å². The summed E-state index contributed by atoms with van der Waals surface area (Å²) in [6.07, 6.45) is 2.86. The van der Waals surface area contributed by atoms with E-state index >= 15 is 0 Å². The first-order valence-electron chi connectivity index (χ1n) is 13.9. The van der Waals surface area contributed by atoms with E-state index in [1.165, 1.54) is 11.1 Å². The fraction of sp³-hybridized carbons (Fsp3) is 0.448. The van der Waals surface area contributed by atoms with Gasteiger partial charge in [-0.15, -0.1) is 0 Å². The number of hydrogen-bond acceptors (Lipinski definition) is 9. The molecule has 2 N–H and O–H groups in total. The monoisotopic (exact) mass is 615 g/mol. The number of carbonyl (C=O) groups excluding carboxylic acids is 2. The van der Waals surface area contributed by atoms with Gasteiger partial charge in [0.2, 0.25) is 0 Å². The molecule has 2 unspecified atom stereocenters. The summed E-state index contributed by atoms with van der Waals surface area (Å²) in [4.78, 5) is 31.1. The van der Waals surface area contributed by atoms with Gasteiger partial charge in [-0.2, -0.15) is 13.1 Å². The van der Waals surface area contributed by atoms with E-state index in [1.54, 1.807) is 49.5 Å². The van der Waals surface area contributed by atoms with Crippen molar-refractivity contribution in [1.82, 2.24) is 10.1 Å². The molecule has 1 saturated heterocycles. The van der Waals surface area contributed by atoms with Crippen LogP contribution in [-0.4, -0.2) is 73.7 Å². The van der Waals surface area contributed by atoms with Crippen LogP contribution in [0.15, 0.2) is 53.2 Å². The molecular formula is C29H39N6O7S+. The maximum Gasteiger partial charge on any atom is 0.327 e. The van der Waals surface area contributed by atoms with Crippen molar-refractivity contribution < 1.29 is 36.2 Å². The average molecular weight is 616 g/mol. The molecule has 3 amide bonds. The van der Waals surface area contributed by atoms with Gasteiger partial charge < -0.3 is 14.6 Å². The normalized spacial score (nSPS) is 18.8. The summed E-state index contributed by atoms with van der Waals surface area (Å²) in [5.74, 6) is 1.03. The highest BCUT2D eigenvalue weighted by Gasteiger charge is 2.47. The van der Waals surface area contributed by atoms with Crippen LogP contribution in [0, 0.1) is 0 Å². The van der Waals surface area contributed by atoms with Gasteiger partial charge in [-0.05, 0) is 50.2 Å². The fourth-order valence-electron chi connectivity index (χ4n) is 4.62. The van der Waals surface area contributed by atoms with Crippen molar-refractivity contribution in [3.05, 3.63) is 60.1 Å². The van der Waals surface area contributed by atoms with Crippen LogP contribution < -0.4 is 20.3 Å². The largest absolute Gasteiger partial charge is 0.483 e. The van der Waals surface area contributed by atoms with Gasteiger partial charge in [-0.3, -0.25) is 15.0 Å². The van der Waals surface area contributed by atoms with E-state index in [0.29, 0.717) is 48.2 Å². The highest BCUT2D eigenvalue weighted by atomic mass is 32.2. The molecule has 3 heterocycles. The molecule has 1 aliphatic heterocycles. The predicted octanol–water partition coefficient (Wildman–Crippen LogP) is 4.56. The zero-order valence-corrected chi connectivity index (χ0v) is 26.3. The van der Waals surface area contributed by atoms with Crippen molar-refractivity contribution in [3.8, 4) is 5.75 Å². The lowest BCUT2D eigenvalue weighted by Gasteiger charge is -2.33. The molecule has 14 heteroatoms. The molecule has 232 valence electrons. The number of carbonyl (C=O) groups is 2. The summed E-state index contributed by atoms with van der Waals surface area (Å²) in [5.41, 5.74) is 1.08. The Morgan fingerprint density at radius 3 is 2.37 bits per heavy atom. The molecule has 1 aliphatic rings. The zero-order chi connectivity index (χ0) is 31.6. The number of nitrogens with one attached hydrogen (secondary N) is 2. The Labute approximate surface area is 251 Å². The summed E-state index contributed by atoms with van der Waals surface area (Å²) in [5, 5.41) is 9.40. The first-order chi connectivity index (χ1) is 20.0. The molecule has 1 fully saturated rings. The smallest absolute Gasteiger partial charge is 0.327 e. The van der Waals surface area contributed by atoms with Crippen molar-refractivity contribution in [2.75, 3.05) is 41.9 Å². The molecule has 4 rings (SSSR count). The Morgan fingerprint density at radius 1 is 1.12 bits per heavy atom. The van der Waals surface area contributed by atoms with Gasteiger partial charge in [0, 0.05) is 36.3 Å². The second-order valence-electron chi connectivity index (χ2n) is 12.0. The number of ether oxygens (including phenoxy) is 1. The number of pyridine rings is 1. The van der Waals surface area contributed by atoms with Crippen LogP contribution in [-0.2, 0) is 19.8 Å². The molecule has 3 aromatic rings. The number of hydrogen-bond donors (Lipinski definition) is 2. The van der Waals surface area contributed by atoms with Gasteiger partial charge in [-0.25, -0.2) is 9.78 Å². The van der Waals surface area contributed by atoms with Crippen molar-refractivity contribution in [2.45, 2.75) is 58.6 Å². The lowest BCUT2D eigenvalue weighted by atomic mass is 9.93. The Kier molecular flexibility index (Phi) is 9.13. The molecule has 13 nitrogen and oxygen atoms in total. The SMILES string of the molecule is CC(C)[N+]1(OS(C)(=O)=O)CCC(Oc2ccc(C(=O)Nc3ccc(N(C)C(=O)Nc4cc(C(C)(C)C)on4)cc3)nc2)C1. The second-order valence-corrected chi connectivity index (χ2v) is 13.5. The minimum atomic E-state index is -3.64. The molecule has 2 atom stereocenters. The summed E-state index contributed by atoms with van der Waals surface area (Å²) in [7, 11) is -2.02. The molecule has 0 saturated carbocycles. The third-order valence-corrected chi connectivity index (χ3v) is 7.71. The van der Waals surface area contributed by atoms with Gasteiger partial charge in [0.25, 0.3) is 5.91 Å². The van der Waals surface area contributed by atoms with Crippen LogP contribution >= 0.6 is 0 Å². The van der Waals surface area contributed by atoms with Gasteiger partial charge in [0.05, 0.1) is 12.5 Å². The third kappa shape index (κ3) is 8.09. The Balaban J connectivity index is 1.31. The molecule has 0 aliphatic carbocycles. The third-order valence-electron chi connectivity index (χ3n) is 7.14. The zero-order valence-electron chi connectivity index (χ0n) is 25.4. The number of likely N-dealkylation sites (tertiary alicyclic amines) is 1. The van der Waals surface area contributed by atoms with E-state index in [1.807, 2.05) is 34.6 Å². The number of urea groups is 1. The molecule has 1 aromatic carbocycles. The van der Waals surface area contributed by atoms with Gasteiger partial charge in [0.1, 0.15) is 36.3 Å². The maximum atomic E-state index is 12.8. The number of benzene rings is 1. The van der Waals surface area contributed by atoms with Crippen LogP contribution in [0.3, 0.4) is 0 Å². The van der Waals surface area contributed by atoms with Gasteiger partial charge in [0.15, 0.2) is 11.9 Å². The number of aromatic nitrogens is 2. The van der Waals surface area contributed by atoms with E-state index in [0.717, 1.165) is 6.26 Å².